The lowest BCUT2D eigenvalue weighted by atomic mass is 10.1. The Morgan fingerprint density at radius 2 is 1.96 bits per heavy atom. The number of halogens is 1. The quantitative estimate of drug-likeness (QED) is 0.572. The zero-order valence-electron chi connectivity index (χ0n) is 15.1. The molecule has 0 aliphatic rings. The largest absolute Gasteiger partial charge is 0.394 e. The van der Waals surface area contributed by atoms with Gasteiger partial charge in [0.25, 0.3) is 5.56 Å². The average Bonchev–Trinajstić information content (AvgIpc) is 2.74. The van der Waals surface area contributed by atoms with Crippen LogP contribution >= 0.6 is 11.6 Å². The number of pyridine rings is 2. The summed E-state index contributed by atoms with van der Waals surface area (Å²) in [5.41, 5.74) is 3.09. The fourth-order valence-corrected chi connectivity index (χ4v) is 3.14. The molecule has 1 N–H and O–H groups in total. The van der Waals surface area contributed by atoms with Crippen molar-refractivity contribution in [3.8, 4) is 22.5 Å². The molecule has 3 aromatic heterocycles. The first-order chi connectivity index (χ1) is 13.6. The van der Waals surface area contributed by atoms with Gasteiger partial charge in [-0.3, -0.25) is 14.3 Å². The Balaban J connectivity index is 2.04. The number of aliphatic hydroxyl groups is 1. The van der Waals surface area contributed by atoms with Crippen LogP contribution in [-0.4, -0.2) is 31.2 Å². The minimum absolute atomic E-state index is 0.155. The van der Waals surface area contributed by atoms with Crippen LogP contribution in [0.4, 0.5) is 0 Å². The second-order valence-electron chi connectivity index (χ2n) is 6.49. The number of hydrogen-bond acceptors (Lipinski definition) is 5. The van der Waals surface area contributed by atoms with Crippen LogP contribution in [0.5, 0.6) is 0 Å². The monoisotopic (exact) mass is 392 g/mol. The van der Waals surface area contributed by atoms with Crippen LogP contribution in [0.3, 0.4) is 0 Å². The standard InChI is InChI=1S/C21H17ClN4O2/c1-13(11-27)26-12-24-20-17(21(26)28)9-18(14-4-6-16(22)7-5-14)25-19(20)15-3-2-8-23-10-15/h2-10,12-13,27H,11H2,1H3/t13-/m0/s1. The van der Waals surface area contributed by atoms with E-state index in [1.54, 1.807) is 37.5 Å². The molecule has 0 amide bonds. The summed E-state index contributed by atoms with van der Waals surface area (Å²) in [7, 11) is 0. The van der Waals surface area contributed by atoms with Crippen LogP contribution in [0.15, 0.2) is 66.0 Å². The van der Waals surface area contributed by atoms with Gasteiger partial charge in [-0.25, -0.2) is 9.97 Å². The smallest absolute Gasteiger partial charge is 0.261 e. The fourth-order valence-electron chi connectivity index (χ4n) is 3.02. The van der Waals surface area contributed by atoms with Gasteiger partial charge in [0.05, 0.1) is 35.8 Å². The fraction of sp³-hybridized carbons (Fsp3) is 0.143. The average molecular weight is 393 g/mol. The second-order valence-corrected chi connectivity index (χ2v) is 6.93. The number of benzene rings is 1. The molecule has 1 aromatic carbocycles. The Hall–Kier alpha value is -3.09. The normalized spacial score (nSPS) is 12.2. The third kappa shape index (κ3) is 3.28. The molecule has 140 valence electrons. The molecule has 0 saturated heterocycles. The van der Waals surface area contributed by atoms with E-state index in [0.717, 1.165) is 11.1 Å². The third-order valence-corrected chi connectivity index (χ3v) is 4.83. The first-order valence-corrected chi connectivity index (χ1v) is 9.15. The van der Waals surface area contributed by atoms with Crippen molar-refractivity contribution in [1.29, 1.82) is 0 Å². The molecule has 1 atom stereocenters. The van der Waals surface area contributed by atoms with Crippen LogP contribution < -0.4 is 5.56 Å². The highest BCUT2D eigenvalue weighted by molar-refractivity contribution is 6.30. The maximum absolute atomic E-state index is 13.1. The molecule has 3 heterocycles. The van der Waals surface area contributed by atoms with Crippen molar-refractivity contribution in [3.63, 3.8) is 0 Å². The van der Waals surface area contributed by atoms with Crippen LogP contribution in [0.1, 0.15) is 13.0 Å². The van der Waals surface area contributed by atoms with E-state index >= 15 is 0 Å². The number of aromatic nitrogens is 4. The molecule has 0 spiro atoms. The number of aliphatic hydroxyl groups excluding tert-OH is 1. The van der Waals surface area contributed by atoms with Crippen molar-refractivity contribution in [1.82, 2.24) is 19.5 Å². The van der Waals surface area contributed by atoms with Gasteiger partial charge in [-0.05, 0) is 37.3 Å². The predicted octanol–water partition coefficient (Wildman–Crippen LogP) is 3.73. The summed E-state index contributed by atoms with van der Waals surface area (Å²) in [6.45, 7) is 1.61. The molecule has 0 unspecified atom stereocenters. The van der Waals surface area contributed by atoms with Gasteiger partial charge in [0.15, 0.2) is 0 Å². The summed E-state index contributed by atoms with van der Waals surface area (Å²) in [4.78, 5) is 26.5. The lowest BCUT2D eigenvalue weighted by Gasteiger charge is -2.14. The molecule has 0 aliphatic heterocycles. The van der Waals surface area contributed by atoms with E-state index in [4.69, 9.17) is 16.6 Å². The molecule has 4 aromatic rings. The minimum Gasteiger partial charge on any atom is -0.394 e. The van der Waals surface area contributed by atoms with Crippen LogP contribution in [0, 0.1) is 0 Å². The number of hydrogen-bond donors (Lipinski definition) is 1. The van der Waals surface area contributed by atoms with Gasteiger partial charge in [0, 0.05) is 28.5 Å². The summed E-state index contributed by atoms with van der Waals surface area (Å²) in [5.74, 6) is 0. The molecular formula is C21H17ClN4O2. The van der Waals surface area contributed by atoms with Crippen LogP contribution in [0.25, 0.3) is 33.4 Å². The van der Waals surface area contributed by atoms with Crippen LogP contribution in [0.2, 0.25) is 5.02 Å². The lowest BCUT2D eigenvalue weighted by molar-refractivity contribution is 0.236. The topological polar surface area (TPSA) is 80.9 Å². The zero-order chi connectivity index (χ0) is 19.7. The zero-order valence-corrected chi connectivity index (χ0v) is 15.8. The summed E-state index contributed by atoms with van der Waals surface area (Å²) in [6.07, 6.45) is 4.82. The van der Waals surface area contributed by atoms with Crippen molar-refractivity contribution < 1.29 is 5.11 Å². The molecule has 0 bridgehead atoms. The Bertz CT molecular complexity index is 1190. The van der Waals surface area contributed by atoms with E-state index in [2.05, 4.69) is 9.97 Å². The molecule has 28 heavy (non-hydrogen) atoms. The summed E-state index contributed by atoms with van der Waals surface area (Å²) in [6, 6.07) is 12.3. The maximum Gasteiger partial charge on any atom is 0.261 e. The predicted molar refractivity (Wildman–Crippen MR) is 109 cm³/mol. The van der Waals surface area contributed by atoms with E-state index < -0.39 is 0 Å². The minimum atomic E-state index is -0.376. The second kappa shape index (κ2) is 7.50. The van der Waals surface area contributed by atoms with E-state index in [9.17, 15) is 9.90 Å². The molecular weight excluding hydrogens is 376 g/mol. The van der Waals surface area contributed by atoms with Gasteiger partial charge in [-0.1, -0.05) is 23.7 Å². The van der Waals surface area contributed by atoms with E-state index in [0.29, 0.717) is 27.3 Å². The third-order valence-electron chi connectivity index (χ3n) is 4.58. The Labute approximate surface area is 166 Å². The first-order valence-electron chi connectivity index (χ1n) is 8.77. The lowest BCUT2D eigenvalue weighted by Crippen LogP contribution is -2.25. The highest BCUT2D eigenvalue weighted by Gasteiger charge is 2.16. The van der Waals surface area contributed by atoms with Gasteiger partial charge < -0.3 is 5.11 Å². The summed E-state index contributed by atoms with van der Waals surface area (Å²) < 4.78 is 1.43. The highest BCUT2D eigenvalue weighted by atomic mass is 35.5. The molecule has 0 saturated carbocycles. The molecule has 0 aliphatic carbocycles. The number of nitrogens with zero attached hydrogens (tertiary/aromatic N) is 4. The Morgan fingerprint density at radius 1 is 1.18 bits per heavy atom. The molecule has 7 heteroatoms. The molecule has 4 rings (SSSR count). The van der Waals surface area contributed by atoms with Gasteiger partial charge in [-0.2, -0.15) is 0 Å². The molecule has 6 nitrogen and oxygen atoms in total. The van der Waals surface area contributed by atoms with Gasteiger partial charge in [-0.15, -0.1) is 0 Å². The van der Waals surface area contributed by atoms with Gasteiger partial charge in [0.1, 0.15) is 5.52 Å². The van der Waals surface area contributed by atoms with Crippen molar-refractivity contribution in [3.05, 3.63) is 76.6 Å². The number of fused-ring (bicyclic) bond motifs is 1. The van der Waals surface area contributed by atoms with Crippen molar-refractivity contribution in [2.24, 2.45) is 0 Å². The van der Waals surface area contributed by atoms with Crippen LogP contribution in [-0.2, 0) is 0 Å². The maximum atomic E-state index is 13.1. The van der Waals surface area contributed by atoms with Crippen molar-refractivity contribution in [2.45, 2.75) is 13.0 Å². The summed E-state index contributed by atoms with van der Waals surface area (Å²) >= 11 is 6.00. The first kappa shape index (κ1) is 18.3. The van der Waals surface area contributed by atoms with E-state index in [-0.39, 0.29) is 18.2 Å². The number of rotatable bonds is 4. The van der Waals surface area contributed by atoms with E-state index in [1.165, 1.54) is 10.9 Å². The van der Waals surface area contributed by atoms with Crippen molar-refractivity contribution in [2.75, 3.05) is 6.61 Å². The molecule has 0 radical (unpaired) electrons. The Morgan fingerprint density at radius 3 is 2.64 bits per heavy atom. The van der Waals surface area contributed by atoms with E-state index in [1.807, 2.05) is 24.3 Å². The van der Waals surface area contributed by atoms with Gasteiger partial charge in [0.2, 0.25) is 0 Å². The Kier molecular flexibility index (Phi) is 4.90. The molecule has 0 fully saturated rings. The van der Waals surface area contributed by atoms with Gasteiger partial charge >= 0.3 is 0 Å². The SMILES string of the molecule is C[C@@H](CO)n1cnc2c(-c3cccnc3)nc(-c3ccc(Cl)cc3)cc2c1=O. The summed E-state index contributed by atoms with van der Waals surface area (Å²) in [5, 5.41) is 10.5. The highest BCUT2D eigenvalue weighted by Crippen LogP contribution is 2.29. The van der Waals surface area contributed by atoms with Crippen molar-refractivity contribution >= 4 is 22.5 Å².